The zero-order valence-corrected chi connectivity index (χ0v) is 15.4. The van der Waals surface area contributed by atoms with Gasteiger partial charge in [-0.15, -0.1) is 0 Å². The van der Waals surface area contributed by atoms with E-state index in [1.54, 1.807) is 18.2 Å². The van der Waals surface area contributed by atoms with Crippen molar-refractivity contribution in [2.24, 2.45) is 0 Å². The van der Waals surface area contributed by atoms with Crippen molar-refractivity contribution in [1.29, 1.82) is 0 Å². The molecule has 0 saturated heterocycles. The number of nitrogens with one attached hydrogen (secondary N) is 2. The van der Waals surface area contributed by atoms with Crippen molar-refractivity contribution in [2.45, 2.75) is 20.8 Å². The minimum atomic E-state index is -0.287. The summed E-state index contributed by atoms with van der Waals surface area (Å²) in [6.45, 7) is 6.06. The van der Waals surface area contributed by atoms with E-state index in [2.05, 4.69) is 22.8 Å². The fourth-order valence-electron chi connectivity index (χ4n) is 2.42. The fourth-order valence-corrected chi connectivity index (χ4v) is 2.75. The van der Waals surface area contributed by atoms with Crippen LogP contribution in [-0.4, -0.2) is 11.0 Å². The molecule has 24 heavy (non-hydrogen) atoms. The lowest BCUT2D eigenvalue weighted by Crippen LogP contribution is -2.33. The Morgan fingerprint density at radius 1 is 1.08 bits per heavy atom. The number of hydrogen-bond acceptors (Lipinski definition) is 2. The number of aryl methyl sites for hydroxylation is 3. The highest BCUT2D eigenvalue weighted by molar-refractivity contribution is 7.80. The Labute approximate surface area is 152 Å². The molecule has 0 aliphatic heterocycles. The van der Waals surface area contributed by atoms with E-state index < -0.39 is 0 Å². The maximum Gasteiger partial charge on any atom is 0.250 e. The van der Waals surface area contributed by atoms with Gasteiger partial charge in [-0.3, -0.25) is 10.1 Å². The van der Waals surface area contributed by atoms with Crippen molar-refractivity contribution in [3.8, 4) is 0 Å². The molecule has 0 aliphatic carbocycles. The molecule has 0 unspecified atom stereocenters. The van der Waals surface area contributed by atoms with E-state index in [-0.39, 0.29) is 11.0 Å². The van der Waals surface area contributed by atoms with Crippen LogP contribution < -0.4 is 10.6 Å². The van der Waals surface area contributed by atoms with Crippen LogP contribution in [0, 0.1) is 20.8 Å². The molecular formula is C19H19ClN2OS. The molecule has 0 bridgehead atoms. The quantitative estimate of drug-likeness (QED) is 0.612. The first-order chi connectivity index (χ1) is 11.3. The van der Waals surface area contributed by atoms with Gasteiger partial charge in [-0.1, -0.05) is 41.4 Å². The lowest BCUT2D eigenvalue weighted by molar-refractivity contribution is -0.115. The molecule has 2 aromatic rings. The molecular weight excluding hydrogens is 340 g/mol. The summed E-state index contributed by atoms with van der Waals surface area (Å²) in [5.74, 6) is -0.287. The highest BCUT2D eigenvalue weighted by Gasteiger charge is 2.07. The van der Waals surface area contributed by atoms with Crippen molar-refractivity contribution in [3.05, 3.63) is 69.8 Å². The van der Waals surface area contributed by atoms with Crippen LogP contribution in [-0.2, 0) is 4.79 Å². The molecule has 0 aliphatic rings. The summed E-state index contributed by atoms with van der Waals surface area (Å²) in [5, 5.41) is 6.67. The monoisotopic (exact) mass is 358 g/mol. The predicted octanol–water partition coefficient (Wildman–Crippen LogP) is 4.79. The van der Waals surface area contributed by atoms with Gasteiger partial charge in [0.15, 0.2) is 5.11 Å². The highest BCUT2D eigenvalue weighted by atomic mass is 35.5. The predicted molar refractivity (Wildman–Crippen MR) is 106 cm³/mol. The second kappa shape index (κ2) is 8.08. The zero-order chi connectivity index (χ0) is 17.7. The molecule has 0 heterocycles. The summed E-state index contributed by atoms with van der Waals surface area (Å²) in [6, 6.07) is 11.4. The van der Waals surface area contributed by atoms with Gasteiger partial charge in [0.1, 0.15) is 0 Å². The first kappa shape index (κ1) is 18.2. The average molecular weight is 359 g/mol. The van der Waals surface area contributed by atoms with E-state index in [0.717, 1.165) is 22.4 Å². The lowest BCUT2D eigenvalue weighted by Gasteiger charge is -2.14. The third kappa shape index (κ3) is 5.18. The molecule has 2 N–H and O–H groups in total. The van der Waals surface area contributed by atoms with Gasteiger partial charge < -0.3 is 5.32 Å². The van der Waals surface area contributed by atoms with E-state index in [1.807, 2.05) is 32.9 Å². The van der Waals surface area contributed by atoms with Gasteiger partial charge in [0.05, 0.1) is 0 Å². The Kier molecular flexibility index (Phi) is 6.12. The molecule has 1 amide bonds. The third-order valence-corrected chi connectivity index (χ3v) is 3.91. The topological polar surface area (TPSA) is 41.1 Å². The van der Waals surface area contributed by atoms with Gasteiger partial charge >= 0.3 is 0 Å². The minimum Gasteiger partial charge on any atom is -0.332 e. The van der Waals surface area contributed by atoms with E-state index in [0.29, 0.717) is 5.02 Å². The number of anilines is 1. The van der Waals surface area contributed by atoms with Crippen molar-refractivity contribution < 1.29 is 4.79 Å². The number of halogens is 1. The Balaban J connectivity index is 1.97. The molecule has 124 valence electrons. The first-order valence-corrected chi connectivity index (χ1v) is 8.27. The Bertz CT molecular complexity index is 775. The molecule has 0 aromatic heterocycles. The summed E-state index contributed by atoms with van der Waals surface area (Å²) in [6.07, 6.45) is 3.14. The molecule has 2 aromatic carbocycles. The van der Waals surface area contributed by atoms with Crippen molar-refractivity contribution >= 4 is 46.6 Å². The van der Waals surface area contributed by atoms with Crippen LogP contribution in [0.5, 0.6) is 0 Å². The first-order valence-electron chi connectivity index (χ1n) is 7.48. The largest absolute Gasteiger partial charge is 0.332 e. The molecule has 0 fully saturated rings. The number of carbonyl (C=O) groups is 1. The van der Waals surface area contributed by atoms with E-state index in [1.165, 1.54) is 11.6 Å². The molecule has 0 spiro atoms. The molecule has 2 rings (SSSR count). The second-order valence-electron chi connectivity index (χ2n) is 5.60. The molecule has 3 nitrogen and oxygen atoms in total. The second-order valence-corrected chi connectivity index (χ2v) is 6.45. The van der Waals surface area contributed by atoms with Crippen LogP contribution >= 0.6 is 23.8 Å². The van der Waals surface area contributed by atoms with Gasteiger partial charge in [0.25, 0.3) is 0 Å². The smallest absolute Gasteiger partial charge is 0.250 e. The van der Waals surface area contributed by atoms with Crippen LogP contribution in [0.2, 0.25) is 5.02 Å². The van der Waals surface area contributed by atoms with E-state index in [9.17, 15) is 4.79 Å². The van der Waals surface area contributed by atoms with Crippen LogP contribution in [0.15, 0.2) is 42.5 Å². The summed E-state index contributed by atoms with van der Waals surface area (Å²) >= 11 is 11.0. The van der Waals surface area contributed by atoms with Crippen LogP contribution in [0.1, 0.15) is 22.3 Å². The average Bonchev–Trinajstić information content (AvgIpc) is 2.50. The number of hydrogen-bond donors (Lipinski definition) is 2. The third-order valence-electron chi connectivity index (χ3n) is 3.45. The van der Waals surface area contributed by atoms with Gasteiger partial charge in [-0.25, -0.2) is 0 Å². The number of thiocarbonyl (C=S) groups is 1. The summed E-state index contributed by atoms with van der Waals surface area (Å²) in [5.41, 5.74) is 5.17. The number of rotatable bonds is 3. The normalized spacial score (nSPS) is 10.7. The van der Waals surface area contributed by atoms with Crippen LogP contribution in [0.4, 0.5) is 5.69 Å². The van der Waals surface area contributed by atoms with E-state index in [4.69, 9.17) is 23.8 Å². The Morgan fingerprint density at radius 2 is 1.67 bits per heavy atom. The van der Waals surface area contributed by atoms with Crippen molar-refractivity contribution in [3.63, 3.8) is 0 Å². The van der Waals surface area contributed by atoms with Crippen LogP contribution in [0.3, 0.4) is 0 Å². The van der Waals surface area contributed by atoms with E-state index >= 15 is 0 Å². The lowest BCUT2D eigenvalue weighted by atomic mass is 10.1. The SMILES string of the molecule is Cc1cc(C)c(NC(=S)NC(=O)/C=C/c2ccc(Cl)cc2)c(C)c1. The van der Waals surface area contributed by atoms with Gasteiger partial charge in [-0.05, 0) is 67.9 Å². The maximum atomic E-state index is 12.0. The number of carbonyl (C=O) groups excluding carboxylic acids is 1. The maximum absolute atomic E-state index is 12.0. The Hall–Kier alpha value is -2.17. The summed E-state index contributed by atoms with van der Waals surface area (Å²) < 4.78 is 0. The van der Waals surface area contributed by atoms with Crippen molar-refractivity contribution in [2.75, 3.05) is 5.32 Å². The summed E-state index contributed by atoms with van der Waals surface area (Å²) in [7, 11) is 0. The number of amides is 1. The van der Waals surface area contributed by atoms with Gasteiger partial charge in [0, 0.05) is 16.8 Å². The summed E-state index contributed by atoms with van der Waals surface area (Å²) in [4.78, 5) is 12.0. The number of benzene rings is 2. The molecule has 5 heteroatoms. The van der Waals surface area contributed by atoms with Crippen LogP contribution in [0.25, 0.3) is 6.08 Å². The fraction of sp³-hybridized carbons (Fsp3) is 0.158. The minimum absolute atomic E-state index is 0.274. The van der Waals surface area contributed by atoms with Gasteiger partial charge in [0.2, 0.25) is 5.91 Å². The molecule has 0 radical (unpaired) electrons. The van der Waals surface area contributed by atoms with Gasteiger partial charge in [-0.2, -0.15) is 0 Å². The zero-order valence-electron chi connectivity index (χ0n) is 13.8. The molecule has 0 atom stereocenters. The highest BCUT2D eigenvalue weighted by Crippen LogP contribution is 2.21. The molecule has 0 saturated carbocycles. The standard InChI is InChI=1S/C19H19ClN2OS/c1-12-10-13(2)18(14(3)11-12)22-19(24)21-17(23)9-6-15-4-7-16(20)8-5-15/h4-11H,1-3H3,(H2,21,22,23,24)/b9-6+. The Morgan fingerprint density at radius 3 is 2.25 bits per heavy atom. The van der Waals surface area contributed by atoms with Crippen molar-refractivity contribution in [1.82, 2.24) is 5.32 Å².